The molecule has 0 fully saturated rings. The fourth-order valence-corrected chi connectivity index (χ4v) is 4.68. The number of methoxy groups -OCH3 is 1. The number of fused-ring (bicyclic) bond motifs is 1. The summed E-state index contributed by atoms with van der Waals surface area (Å²) in [6.45, 7) is 3.57. The third kappa shape index (κ3) is 4.14. The van der Waals surface area contributed by atoms with Crippen LogP contribution in [0.5, 0.6) is 17.2 Å². The summed E-state index contributed by atoms with van der Waals surface area (Å²) in [5, 5.41) is 19.5. The molecular formula is C24H22N2O6S. The predicted molar refractivity (Wildman–Crippen MR) is 124 cm³/mol. The van der Waals surface area contributed by atoms with Crippen LogP contribution in [0, 0.1) is 0 Å². The average Bonchev–Trinajstić information content (AvgIpc) is 3.11. The number of hydrogen-bond acceptors (Lipinski definition) is 8. The van der Waals surface area contributed by atoms with Gasteiger partial charge in [0.2, 0.25) is 0 Å². The molecule has 170 valence electrons. The average molecular weight is 467 g/mol. The van der Waals surface area contributed by atoms with Crippen LogP contribution < -0.4 is 19.6 Å². The summed E-state index contributed by atoms with van der Waals surface area (Å²) in [5.74, 6) is -0.216. The van der Waals surface area contributed by atoms with Gasteiger partial charge in [-0.1, -0.05) is 29.5 Å². The van der Waals surface area contributed by atoms with Crippen LogP contribution in [0.4, 0.5) is 0 Å². The molecule has 1 atom stereocenters. The van der Waals surface area contributed by atoms with E-state index in [1.807, 2.05) is 0 Å². The second-order valence-electron chi connectivity index (χ2n) is 7.31. The maximum absolute atomic E-state index is 13.2. The zero-order valence-electron chi connectivity index (χ0n) is 18.2. The Hall–Kier alpha value is -3.85. The molecule has 3 aromatic rings. The third-order valence-electron chi connectivity index (χ3n) is 5.25. The topological polar surface area (TPSA) is 110 Å². The Morgan fingerprint density at radius 1 is 1.21 bits per heavy atom. The van der Waals surface area contributed by atoms with E-state index >= 15 is 0 Å². The number of phenols is 2. The lowest BCUT2D eigenvalue weighted by Gasteiger charge is -2.22. The molecule has 9 heteroatoms. The molecule has 0 aliphatic carbocycles. The van der Waals surface area contributed by atoms with E-state index in [0.717, 1.165) is 5.56 Å². The van der Waals surface area contributed by atoms with Crippen molar-refractivity contribution < 1.29 is 24.5 Å². The minimum atomic E-state index is -0.738. The summed E-state index contributed by atoms with van der Waals surface area (Å²) >= 11 is 1.20. The Labute approximate surface area is 193 Å². The number of aromatic hydroxyl groups is 2. The van der Waals surface area contributed by atoms with Gasteiger partial charge in [-0.3, -0.25) is 9.36 Å². The van der Waals surface area contributed by atoms with Gasteiger partial charge >= 0.3 is 5.97 Å². The summed E-state index contributed by atoms with van der Waals surface area (Å²) in [6.07, 6.45) is 1.71. The van der Waals surface area contributed by atoms with E-state index in [4.69, 9.17) is 14.5 Å². The maximum Gasteiger partial charge on any atom is 0.338 e. The molecular weight excluding hydrogens is 444 g/mol. The van der Waals surface area contributed by atoms with Crippen molar-refractivity contribution in [2.24, 2.45) is 4.99 Å². The van der Waals surface area contributed by atoms with Gasteiger partial charge in [0, 0.05) is 5.70 Å². The van der Waals surface area contributed by atoms with Crippen molar-refractivity contribution in [3.8, 4) is 17.2 Å². The number of aromatic nitrogens is 1. The van der Waals surface area contributed by atoms with Gasteiger partial charge in [0.25, 0.3) is 5.56 Å². The molecule has 1 aromatic heterocycles. The molecule has 33 heavy (non-hydrogen) atoms. The van der Waals surface area contributed by atoms with Crippen molar-refractivity contribution in [1.82, 2.24) is 4.57 Å². The number of ether oxygens (including phenoxy) is 2. The van der Waals surface area contributed by atoms with Crippen molar-refractivity contribution in [2.75, 3.05) is 13.7 Å². The van der Waals surface area contributed by atoms with Crippen molar-refractivity contribution in [3.63, 3.8) is 0 Å². The highest BCUT2D eigenvalue weighted by atomic mass is 32.1. The Balaban J connectivity index is 1.94. The molecule has 1 aliphatic heterocycles. The molecule has 2 aromatic carbocycles. The molecule has 1 aliphatic rings. The Kier molecular flexibility index (Phi) is 6.06. The first-order valence-electron chi connectivity index (χ1n) is 10.2. The van der Waals surface area contributed by atoms with E-state index in [1.165, 1.54) is 29.1 Å². The van der Waals surface area contributed by atoms with Crippen LogP contribution >= 0.6 is 11.3 Å². The molecule has 0 amide bonds. The Bertz CT molecular complexity index is 1430. The highest BCUT2D eigenvalue weighted by Gasteiger charge is 2.31. The van der Waals surface area contributed by atoms with Gasteiger partial charge < -0.3 is 19.7 Å². The monoisotopic (exact) mass is 466 g/mol. The second kappa shape index (κ2) is 8.95. The summed E-state index contributed by atoms with van der Waals surface area (Å²) in [7, 11) is 1.44. The lowest BCUT2D eigenvalue weighted by molar-refractivity contribution is -0.138. The normalized spacial score (nSPS) is 15.7. The van der Waals surface area contributed by atoms with Crippen LogP contribution in [-0.4, -0.2) is 34.5 Å². The van der Waals surface area contributed by atoms with E-state index in [9.17, 15) is 19.8 Å². The number of carbonyl (C=O) groups excluding carboxylic acids is 1. The standard InChI is InChI=1S/C24H22N2O6S/c1-4-32-23(30)20-13(2)26-22(29)19(11-14-5-8-16(27)9-6-14)33-24(26)25-21(20)15-7-10-17(28)18(12-15)31-3/h5-12,21,27-28H,4H2,1-3H3. The highest BCUT2D eigenvalue weighted by Crippen LogP contribution is 2.36. The number of thiazole rings is 1. The van der Waals surface area contributed by atoms with Crippen LogP contribution in [0.25, 0.3) is 11.8 Å². The molecule has 0 spiro atoms. The minimum Gasteiger partial charge on any atom is -0.508 e. The Morgan fingerprint density at radius 2 is 1.94 bits per heavy atom. The fourth-order valence-electron chi connectivity index (χ4n) is 3.64. The van der Waals surface area contributed by atoms with E-state index in [2.05, 4.69) is 0 Å². The first-order chi connectivity index (χ1) is 15.8. The van der Waals surface area contributed by atoms with Gasteiger partial charge in [0.05, 0.1) is 23.8 Å². The molecule has 1 unspecified atom stereocenters. The van der Waals surface area contributed by atoms with Crippen LogP contribution in [-0.2, 0) is 9.53 Å². The zero-order valence-corrected chi connectivity index (χ0v) is 19.0. The molecule has 0 saturated heterocycles. The van der Waals surface area contributed by atoms with Gasteiger partial charge in [-0.25, -0.2) is 9.79 Å². The van der Waals surface area contributed by atoms with Crippen LogP contribution in [0.3, 0.4) is 0 Å². The fraction of sp³-hybridized carbons (Fsp3) is 0.208. The zero-order chi connectivity index (χ0) is 23.7. The molecule has 8 nitrogen and oxygen atoms in total. The summed E-state index contributed by atoms with van der Waals surface area (Å²) < 4.78 is 12.3. The van der Waals surface area contributed by atoms with Crippen molar-refractivity contribution in [1.29, 1.82) is 0 Å². The quantitative estimate of drug-likeness (QED) is 0.559. The minimum absolute atomic E-state index is 0.0331. The number of nitrogens with zero attached hydrogens (tertiary/aromatic N) is 2. The van der Waals surface area contributed by atoms with Crippen molar-refractivity contribution in [3.05, 3.63) is 78.9 Å². The molecule has 0 bridgehead atoms. The van der Waals surface area contributed by atoms with E-state index in [-0.39, 0.29) is 35.0 Å². The largest absolute Gasteiger partial charge is 0.508 e. The molecule has 2 heterocycles. The van der Waals surface area contributed by atoms with Crippen molar-refractivity contribution >= 4 is 29.1 Å². The van der Waals surface area contributed by atoms with Crippen molar-refractivity contribution in [2.45, 2.75) is 19.9 Å². The van der Waals surface area contributed by atoms with E-state index in [0.29, 0.717) is 20.6 Å². The number of allylic oxidation sites excluding steroid dienone is 1. The predicted octanol–water partition coefficient (Wildman–Crippen LogP) is 2.33. The van der Waals surface area contributed by atoms with E-state index in [1.54, 1.807) is 56.3 Å². The molecule has 0 saturated carbocycles. The maximum atomic E-state index is 13.2. The summed E-state index contributed by atoms with van der Waals surface area (Å²) in [5.41, 5.74) is 1.74. The molecule has 2 N–H and O–H groups in total. The summed E-state index contributed by atoms with van der Waals surface area (Å²) in [4.78, 5) is 31.3. The highest BCUT2D eigenvalue weighted by molar-refractivity contribution is 7.07. The van der Waals surface area contributed by atoms with Gasteiger partial charge in [0.1, 0.15) is 11.8 Å². The SMILES string of the molecule is CCOC(=O)C1=C(C)n2c(sc(=Cc3ccc(O)cc3)c2=O)=NC1c1ccc(O)c(OC)c1. The second-order valence-corrected chi connectivity index (χ2v) is 8.32. The molecule has 0 radical (unpaired) electrons. The number of benzene rings is 2. The van der Waals surface area contributed by atoms with Crippen LogP contribution in [0.15, 0.2) is 57.8 Å². The van der Waals surface area contributed by atoms with Gasteiger partial charge in [-0.05, 0) is 55.3 Å². The van der Waals surface area contributed by atoms with Crippen LogP contribution in [0.2, 0.25) is 0 Å². The third-order valence-corrected chi connectivity index (χ3v) is 6.23. The number of hydrogen-bond donors (Lipinski definition) is 2. The number of carbonyl (C=O) groups is 1. The number of esters is 1. The van der Waals surface area contributed by atoms with Gasteiger partial charge in [-0.2, -0.15) is 0 Å². The Morgan fingerprint density at radius 3 is 2.61 bits per heavy atom. The smallest absolute Gasteiger partial charge is 0.338 e. The summed E-state index contributed by atoms with van der Waals surface area (Å²) in [6, 6.07) is 10.5. The van der Waals surface area contributed by atoms with Gasteiger partial charge in [0.15, 0.2) is 16.3 Å². The van der Waals surface area contributed by atoms with Gasteiger partial charge in [-0.15, -0.1) is 0 Å². The first kappa shape index (κ1) is 22.3. The number of phenolic OH excluding ortho intramolecular Hbond substituents is 2. The van der Waals surface area contributed by atoms with E-state index < -0.39 is 12.0 Å². The molecule has 4 rings (SSSR count). The first-order valence-corrected chi connectivity index (χ1v) is 11.0. The lowest BCUT2D eigenvalue weighted by Crippen LogP contribution is -2.35. The number of rotatable bonds is 5. The van der Waals surface area contributed by atoms with Crippen LogP contribution in [0.1, 0.15) is 31.0 Å². The lowest BCUT2D eigenvalue weighted by atomic mass is 9.96.